The SMILES string of the molecule is CC.CC.CCc1ccc(C(=O)N2CCCCN(C(=O)c3ccc(C(C)=O)n(O)c3=O)CCCNC(=O)c3ccc(n(O)c3=O)C(=O)NCC(CCCCN)NC(=O)c3ccc(c(=O)n3O)C(=O)NCCC2)c(=O)n1O. The highest BCUT2D eigenvalue weighted by Crippen LogP contribution is 2.11. The topological polar surface area (TPSA) is 369 Å². The fraction of sp³-hybridized carbons (Fsp3) is 0.460. The van der Waals surface area contributed by atoms with Crippen LogP contribution in [0.3, 0.4) is 0 Å². The highest BCUT2D eigenvalue weighted by Gasteiger charge is 2.27. The second-order valence-corrected chi connectivity index (χ2v) is 16.7. The Labute approximate surface area is 436 Å². The van der Waals surface area contributed by atoms with E-state index in [-0.39, 0.29) is 115 Å². The van der Waals surface area contributed by atoms with Gasteiger partial charge in [0.1, 0.15) is 39.3 Å². The smallest absolute Gasteiger partial charge is 0.296 e. The predicted molar refractivity (Wildman–Crippen MR) is 275 cm³/mol. The molecule has 0 aliphatic carbocycles. The second kappa shape index (κ2) is 30.0. The van der Waals surface area contributed by atoms with Crippen LogP contribution in [-0.2, 0) is 6.42 Å². The van der Waals surface area contributed by atoms with E-state index in [1.807, 2.05) is 27.7 Å². The standard InChI is InChI=1S/C46H57N11O15.2C2H6/c1-3-29-11-12-32(45(67)54(29)69)41(63)52-22-6-7-23-53(42(64)33-15-16-34(27(2)58)55(70)46(33)68)25-9-21-48-37(59)30-13-17-35(56(71)43(30)65)39(61)50-26-28(10-4-5-19-47)51-40(62)36-18-14-31(44(66)57(36)72)38(60)49-20-8-24-52;2*1-2/h11-18,28,69-72H,3-10,19-26,47H2,1-2H3,(H,48,59)(H,49,60)(H,50,61)(H,51,62);2*1-2H3. The number of Topliss-reactive ketones (excluding diaryl/α,β-unsaturated/α-hetero) is 1. The third-order valence-electron chi connectivity index (χ3n) is 11.8. The zero-order valence-electron chi connectivity index (χ0n) is 43.6. The Bertz CT molecular complexity index is 2980. The molecule has 3 aliphatic rings. The Kier molecular flexibility index (Phi) is 24.4. The van der Waals surface area contributed by atoms with Gasteiger partial charge in [0.2, 0.25) is 0 Å². The lowest BCUT2D eigenvalue weighted by atomic mass is 10.1. The summed E-state index contributed by atoms with van der Waals surface area (Å²) >= 11 is 0. The highest BCUT2D eigenvalue weighted by molar-refractivity contribution is 5.98. The molecule has 10 N–H and O–H groups in total. The van der Waals surface area contributed by atoms with Gasteiger partial charge in [-0.2, -0.15) is 4.73 Å². The first-order valence-corrected chi connectivity index (χ1v) is 25.1. The maximum atomic E-state index is 13.9. The monoisotopic (exact) mass is 1060 g/mol. The summed E-state index contributed by atoms with van der Waals surface area (Å²) in [7, 11) is 0. The Morgan fingerprint density at radius 2 is 1.01 bits per heavy atom. The molecule has 0 fully saturated rings. The van der Waals surface area contributed by atoms with Gasteiger partial charge < -0.3 is 57.6 Å². The first kappa shape index (κ1) is 61.7. The van der Waals surface area contributed by atoms with Crippen molar-refractivity contribution in [1.29, 1.82) is 0 Å². The molecular weight excluding hydrogens is 995 g/mol. The molecule has 0 radical (unpaired) electrons. The predicted octanol–water partition coefficient (Wildman–Crippen LogP) is 1.08. The maximum absolute atomic E-state index is 13.9. The van der Waals surface area contributed by atoms with Crippen LogP contribution in [-0.4, -0.2) is 149 Å². The summed E-state index contributed by atoms with van der Waals surface area (Å²) in [4.78, 5) is 148. The van der Waals surface area contributed by atoms with Crippen LogP contribution in [0, 0.1) is 0 Å². The number of nitrogens with zero attached hydrogens (tertiary/aromatic N) is 6. The van der Waals surface area contributed by atoms with Crippen molar-refractivity contribution < 1.29 is 54.4 Å². The molecule has 7 rings (SSSR count). The molecule has 7 heterocycles. The summed E-state index contributed by atoms with van der Waals surface area (Å²) in [5, 5.41) is 52.4. The summed E-state index contributed by atoms with van der Waals surface area (Å²) in [6, 6.07) is 8.00. The number of pyridine rings is 4. The number of rotatable bonds is 8. The number of unbranched alkanes of at least 4 members (excludes halogenated alkanes) is 1. The number of ketones is 1. The molecule has 76 heavy (non-hydrogen) atoms. The second-order valence-electron chi connectivity index (χ2n) is 16.7. The fourth-order valence-corrected chi connectivity index (χ4v) is 7.73. The summed E-state index contributed by atoms with van der Waals surface area (Å²) < 4.78 is 0.339. The van der Waals surface area contributed by atoms with Crippen molar-refractivity contribution >= 4 is 41.2 Å². The van der Waals surface area contributed by atoms with E-state index in [1.54, 1.807) is 6.92 Å². The maximum Gasteiger partial charge on any atom is 0.296 e. The van der Waals surface area contributed by atoms with E-state index in [1.165, 1.54) is 21.9 Å². The van der Waals surface area contributed by atoms with Gasteiger partial charge in [-0.1, -0.05) is 41.0 Å². The molecule has 4 aromatic rings. The number of amides is 6. The van der Waals surface area contributed by atoms with Crippen LogP contribution in [0.5, 0.6) is 0 Å². The molecular formula is C50H69N11O15. The zero-order valence-corrected chi connectivity index (χ0v) is 43.6. The Morgan fingerprint density at radius 1 is 0.553 bits per heavy atom. The van der Waals surface area contributed by atoms with Crippen molar-refractivity contribution in [3.05, 3.63) is 135 Å². The Balaban J connectivity index is 0.00000371. The highest BCUT2D eigenvalue weighted by atomic mass is 16.5. The number of fused-ring (bicyclic) bond motifs is 2. The van der Waals surface area contributed by atoms with E-state index in [2.05, 4.69) is 21.3 Å². The van der Waals surface area contributed by atoms with Crippen molar-refractivity contribution in [3.63, 3.8) is 0 Å². The van der Waals surface area contributed by atoms with Gasteiger partial charge >= 0.3 is 0 Å². The van der Waals surface area contributed by atoms with Gasteiger partial charge in [0.05, 0.1) is 5.69 Å². The van der Waals surface area contributed by atoms with E-state index < -0.39 is 97.6 Å². The molecule has 26 heteroatoms. The quantitative estimate of drug-likeness (QED) is 0.0677. The van der Waals surface area contributed by atoms with Crippen LogP contribution in [0.25, 0.3) is 0 Å². The van der Waals surface area contributed by atoms with E-state index in [4.69, 9.17) is 5.73 Å². The molecule has 3 aliphatic heterocycles. The van der Waals surface area contributed by atoms with Crippen LogP contribution in [0.1, 0.15) is 165 Å². The van der Waals surface area contributed by atoms with Crippen molar-refractivity contribution in [1.82, 2.24) is 50.0 Å². The Morgan fingerprint density at radius 3 is 1.49 bits per heavy atom. The lowest BCUT2D eigenvalue weighted by molar-refractivity contribution is 0.0709. The fourth-order valence-electron chi connectivity index (χ4n) is 7.73. The average Bonchev–Trinajstić information content (AvgIpc) is 3.41. The van der Waals surface area contributed by atoms with Crippen LogP contribution in [0.4, 0.5) is 0 Å². The van der Waals surface area contributed by atoms with Crippen molar-refractivity contribution in [2.24, 2.45) is 5.73 Å². The molecule has 4 bridgehead atoms. The molecule has 26 nitrogen and oxygen atoms in total. The number of carbonyl (C=O) groups excluding carboxylic acids is 7. The average molecular weight is 1060 g/mol. The number of nitrogens with one attached hydrogen (secondary N) is 4. The first-order valence-electron chi connectivity index (χ1n) is 25.1. The Hall–Kier alpha value is -8.55. The minimum atomic E-state index is -1.27. The van der Waals surface area contributed by atoms with Crippen LogP contribution in [0.2, 0.25) is 0 Å². The molecule has 4 aromatic heterocycles. The van der Waals surface area contributed by atoms with Gasteiger partial charge in [0, 0.05) is 58.8 Å². The molecule has 0 spiro atoms. The molecule has 0 aromatic carbocycles. The number of aryl methyl sites for hydroxylation is 1. The molecule has 414 valence electrons. The van der Waals surface area contributed by atoms with Crippen molar-refractivity contribution in [2.45, 2.75) is 99.0 Å². The summed E-state index contributed by atoms with van der Waals surface area (Å²) in [5.41, 5.74) is -2.39. The molecule has 0 saturated carbocycles. The van der Waals surface area contributed by atoms with Gasteiger partial charge in [0.25, 0.3) is 57.7 Å². The van der Waals surface area contributed by atoms with Gasteiger partial charge in [0.15, 0.2) is 5.78 Å². The summed E-state index contributed by atoms with van der Waals surface area (Å²) in [6.07, 6.45) is 1.81. The van der Waals surface area contributed by atoms with Crippen molar-refractivity contribution in [2.75, 3.05) is 52.4 Å². The molecule has 1 unspecified atom stereocenters. The number of hydrogen-bond acceptors (Lipinski definition) is 16. The third-order valence-corrected chi connectivity index (χ3v) is 11.8. The summed E-state index contributed by atoms with van der Waals surface area (Å²) in [5.74, 6) is -6.19. The van der Waals surface area contributed by atoms with Gasteiger partial charge in [-0.05, 0) is 100 Å². The lowest BCUT2D eigenvalue weighted by Crippen LogP contribution is -2.46. The van der Waals surface area contributed by atoms with Crippen LogP contribution < -0.4 is 49.2 Å². The van der Waals surface area contributed by atoms with E-state index >= 15 is 0 Å². The van der Waals surface area contributed by atoms with Crippen molar-refractivity contribution in [3.8, 4) is 0 Å². The van der Waals surface area contributed by atoms with Crippen LogP contribution in [0.15, 0.2) is 67.7 Å². The lowest BCUT2D eigenvalue weighted by Gasteiger charge is -2.25. The van der Waals surface area contributed by atoms with Gasteiger partial charge in [-0.15, -0.1) is 14.2 Å². The summed E-state index contributed by atoms with van der Waals surface area (Å²) in [6.45, 7) is 10.1. The molecule has 0 saturated heterocycles. The normalized spacial score (nSPS) is 15.4. The minimum Gasteiger partial charge on any atom is -0.425 e. The number of aromatic nitrogens is 4. The molecule has 1 atom stereocenters. The number of nitrogens with two attached hydrogens (primary N) is 1. The number of hydrogen-bond donors (Lipinski definition) is 9. The van der Waals surface area contributed by atoms with E-state index in [9.17, 15) is 73.6 Å². The number of carbonyl (C=O) groups is 7. The first-order chi connectivity index (χ1) is 36.3. The van der Waals surface area contributed by atoms with Gasteiger partial charge in [-0.3, -0.25) is 52.7 Å². The van der Waals surface area contributed by atoms with E-state index in [0.29, 0.717) is 24.1 Å². The van der Waals surface area contributed by atoms with Gasteiger partial charge in [-0.25, -0.2) is 0 Å². The minimum absolute atomic E-state index is 0.0146. The zero-order chi connectivity index (χ0) is 56.8. The largest absolute Gasteiger partial charge is 0.425 e. The van der Waals surface area contributed by atoms with E-state index in [0.717, 1.165) is 43.3 Å². The molecule has 6 amide bonds. The van der Waals surface area contributed by atoms with Crippen LogP contribution >= 0.6 is 0 Å². The third kappa shape index (κ3) is 15.5.